The minimum absolute atomic E-state index is 0.335. The van der Waals surface area contributed by atoms with Crippen molar-refractivity contribution in [3.05, 3.63) is 16.3 Å². The minimum Gasteiger partial charge on any atom is -0.398 e. The average Bonchev–Trinajstić information content (AvgIpc) is 2.51. The molecule has 0 radical (unpaired) electrons. The third kappa shape index (κ3) is 2.46. The highest BCUT2D eigenvalue weighted by atomic mass is 32.1. The molecule has 1 rings (SSSR count). The van der Waals surface area contributed by atoms with E-state index in [1.165, 1.54) is 18.3 Å². The zero-order valence-electron chi connectivity index (χ0n) is 7.61. The number of carbonyl (C=O) groups excluding carboxylic acids is 2. The third-order valence-corrected chi connectivity index (χ3v) is 2.57. The number of hydrogen-bond acceptors (Lipinski definition) is 4. The fourth-order valence-corrected chi connectivity index (χ4v) is 1.51. The summed E-state index contributed by atoms with van der Waals surface area (Å²) in [5, 5.41) is 4.11. The fourth-order valence-electron chi connectivity index (χ4n) is 0.809. The van der Waals surface area contributed by atoms with E-state index in [1.54, 1.807) is 11.4 Å². The van der Waals surface area contributed by atoms with E-state index in [0.717, 1.165) is 0 Å². The van der Waals surface area contributed by atoms with Gasteiger partial charge in [-0.05, 0) is 13.0 Å². The van der Waals surface area contributed by atoms with Gasteiger partial charge in [-0.1, -0.05) is 0 Å². The number of primary amides is 1. The van der Waals surface area contributed by atoms with Crippen molar-refractivity contribution in [2.45, 2.75) is 13.0 Å². The summed E-state index contributed by atoms with van der Waals surface area (Å²) in [6, 6.07) is 0.874. The quantitative estimate of drug-likeness (QED) is 0.655. The summed E-state index contributed by atoms with van der Waals surface area (Å²) in [5.41, 5.74) is 11.0. The first-order valence-electron chi connectivity index (χ1n) is 3.95. The molecular formula is C8H11N3O2S. The number of carbonyl (C=O) groups is 2. The van der Waals surface area contributed by atoms with Gasteiger partial charge in [0.1, 0.15) is 6.04 Å². The topological polar surface area (TPSA) is 98.2 Å². The van der Waals surface area contributed by atoms with E-state index < -0.39 is 11.9 Å². The highest BCUT2D eigenvalue weighted by molar-refractivity contribution is 7.12. The number of thiophene rings is 1. The highest BCUT2D eigenvalue weighted by Crippen LogP contribution is 2.15. The molecule has 0 aliphatic carbocycles. The van der Waals surface area contributed by atoms with Crippen LogP contribution in [0.4, 0.5) is 5.69 Å². The van der Waals surface area contributed by atoms with Gasteiger partial charge in [0, 0.05) is 11.1 Å². The van der Waals surface area contributed by atoms with Crippen molar-refractivity contribution >= 4 is 28.8 Å². The van der Waals surface area contributed by atoms with Crippen LogP contribution in [-0.2, 0) is 4.79 Å². The molecule has 0 aliphatic heterocycles. The molecule has 0 saturated carbocycles. The number of nitrogens with two attached hydrogens (primary N) is 2. The van der Waals surface area contributed by atoms with E-state index in [4.69, 9.17) is 11.5 Å². The average molecular weight is 213 g/mol. The van der Waals surface area contributed by atoms with Crippen molar-refractivity contribution < 1.29 is 9.59 Å². The second-order valence-electron chi connectivity index (χ2n) is 2.84. The van der Waals surface area contributed by atoms with Crippen molar-refractivity contribution in [1.29, 1.82) is 0 Å². The molecule has 1 aromatic heterocycles. The molecule has 1 heterocycles. The lowest BCUT2D eigenvalue weighted by molar-refractivity contribution is -0.119. The zero-order valence-corrected chi connectivity index (χ0v) is 8.43. The summed E-state index contributed by atoms with van der Waals surface area (Å²) < 4.78 is 0. The van der Waals surface area contributed by atoms with Crippen molar-refractivity contribution in [3.8, 4) is 0 Å². The molecule has 0 aliphatic rings. The second kappa shape index (κ2) is 4.10. The third-order valence-electron chi connectivity index (χ3n) is 1.62. The van der Waals surface area contributed by atoms with Gasteiger partial charge in [0.15, 0.2) is 0 Å². The molecule has 0 bridgehead atoms. The standard InChI is InChI=1S/C8H11N3O2S/c1-4(7(10)12)11-8(13)6-2-5(9)3-14-6/h2-4H,9H2,1H3,(H2,10,12)(H,11,13)/t4-/m1/s1. The van der Waals surface area contributed by atoms with Crippen LogP contribution >= 0.6 is 11.3 Å². The second-order valence-corrected chi connectivity index (χ2v) is 3.75. The van der Waals surface area contributed by atoms with Crippen LogP contribution in [-0.4, -0.2) is 17.9 Å². The van der Waals surface area contributed by atoms with Crippen molar-refractivity contribution in [2.75, 3.05) is 5.73 Å². The van der Waals surface area contributed by atoms with Crippen LogP contribution in [0.1, 0.15) is 16.6 Å². The number of rotatable bonds is 3. The van der Waals surface area contributed by atoms with Gasteiger partial charge in [0.2, 0.25) is 5.91 Å². The summed E-state index contributed by atoms with van der Waals surface area (Å²) in [4.78, 5) is 22.5. The molecule has 1 aromatic rings. The molecule has 5 N–H and O–H groups in total. The number of amides is 2. The Kier molecular flexibility index (Phi) is 3.08. The van der Waals surface area contributed by atoms with E-state index in [9.17, 15) is 9.59 Å². The molecule has 0 fully saturated rings. The molecule has 0 aromatic carbocycles. The molecule has 1 atom stereocenters. The molecule has 14 heavy (non-hydrogen) atoms. The van der Waals surface area contributed by atoms with E-state index in [2.05, 4.69) is 5.32 Å². The minimum atomic E-state index is -0.675. The van der Waals surface area contributed by atoms with Crippen molar-refractivity contribution in [1.82, 2.24) is 5.32 Å². The van der Waals surface area contributed by atoms with Crippen LogP contribution in [0.2, 0.25) is 0 Å². The monoisotopic (exact) mass is 213 g/mol. The maximum Gasteiger partial charge on any atom is 0.262 e. The van der Waals surface area contributed by atoms with Crippen molar-refractivity contribution in [2.24, 2.45) is 5.73 Å². The Morgan fingerprint density at radius 3 is 2.64 bits per heavy atom. The van der Waals surface area contributed by atoms with Gasteiger partial charge >= 0.3 is 0 Å². The zero-order chi connectivity index (χ0) is 10.7. The van der Waals surface area contributed by atoms with Crippen LogP contribution in [0.25, 0.3) is 0 Å². The maximum absolute atomic E-state index is 11.4. The lowest BCUT2D eigenvalue weighted by Gasteiger charge is -2.08. The van der Waals surface area contributed by atoms with Gasteiger partial charge in [-0.3, -0.25) is 9.59 Å². The van der Waals surface area contributed by atoms with E-state index in [0.29, 0.717) is 10.6 Å². The molecule has 2 amide bonds. The normalized spacial score (nSPS) is 12.1. The smallest absolute Gasteiger partial charge is 0.262 e. The van der Waals surface area contributed by atoms with E-state index in [-0.39, 0.29) is 5.91 Å². The first-order valence-corrected chi connectivity index (χ1v) is 4.83. The van der Waals surface area contributed by atoms with Crippen LogP contribution in [0.15, 0.2) is 11.4 Å². The van der Waals surface area contributed by atoms with Crippen LogP contribution < -0.4 is 16.8 Å². The predicted molar refractivity (Wildman–Crippen MR) is 54.9 cm³/mol. The number of nitrogen functional groups attached to an aromatic ring is 1. The Morgan fingerprint density at radius 2 is 2.21 bits per heavy atom. The molecule has 0 unspecified atom stereocenters. The largest absolute Gasteiger partial charge is 0.398 e. The van der Waals surface area contributed by atoms with Gasteiger partial charge in [-0.15, -0.1) is 11.3 Å². The fraction of sp³-hybridized carbons (Fsp3) is 0.250. The first-order chi connectivity index (χ1) is 6.50. The Morgan fingerprint density at radius 1 is 1.57 bits per heavy atom. The Balaban J connectivity index is 2.63. The number of hydrogen-bond donors (Lipinski definition) is 3. The van der Waals surface area contributed by atoms with Gasteiger partial charge in [0.05, 0.1) is 4.88 Å². The van der Waals surface area contributed by atoms with Gasteiger partial charge in [-0.2, -0.15) is 0 Å². The summed E-state index contributed by atoms with van der Waals surface area (Å²) in [6.45, 7) is 1.52. The van der Waals surface area contributed by atoms with Crippen LogP contribution in [0.5, 0.6) is 0 Å². The number of nitrogens with one attached hydrogen (secondary N) is 1. The summed E-state index contributed by atoms with van der Waals surface area (Å²) in [7, 11) is 0. The van der Waals surface area contributed by atoms with Crippen LogP contribution in [0.3, 0.4) is 0 Å². The summed E-state index contributed by atoms with van der Waals surface area (Å²) in [5.74, 6) is -0.902. The lowest BCUT2D eigenvalue weighted by Crippen LogP contribution is -2.41. The Labute approximate surface area is 85.1 Å². The molecular weight excluding hydrogens is 202 g/mol. The Bertz CT molecular complexity index is 361. The SMILES string of the molecule is C[C@@H](NC(=O)c1cc(N)cs1)C(N)=O. The van der Waals surface area contributed by atoms with Gasteiger partial charge < -0.3 is 16.8 Å². The predicted octanol–water partition coefficient (Wildman–Crippen LogP) is -0.0661. The highest BCUT2D eigenvalue weighted by Gasteiger charge is 2.14. The van der Waals surface area contributed by atoms with Gasteiger partial charge in [0.25, 0.3) is 5.91 Å². The summed E-state index contributed by atoms with van der Waals surface area (Å²) in [6.07, 6.45) is 0. The lowest BCUT2D eigenvalue weighted by atomic mass is 10.3. The van der Waals surface area contributed by atoms with Gasteiger partial charge in [-0.25, -0.2) is 0 Å². The van der Waals surface area contributed by atoms with Crippen LogP contribution in [0, 0.1) is 0 Å². The van der Waals surface area contributed by atoms with E-state index >= 15 is 0 Å². The number of anilines is 1. The summed E-state index contributed by atoms with van der Waals surface area (Å²) >= 11 is 1.22. The Hall–Kier alpha value is -1.56. The van der Waals surface area contributed by atoms with E-state index in [1.807, 2.05) is 0 Å². The molecule has 6 heteroatoms. The molecule has 0 saturated heterocycles. The maximum atomic E-state index is 11.4. The first kappa shape index (κ1) is 10.5. The van der Waals surface area contributed by atoms with Crippen molar-refractivity contribution in [3.63, 3.8) is 0 Å². The molecule has 76 valence electrons. The molecule has 5 nitrogen and oxygen atoms in total. The molecule has 0 spiro atoms.